The number of benzene rings is 3. The van der Waals surface area contributed by atoms with Gasteiger partial charge in [0.2, 0.25) is 5.91 Å². The van der Waals surface area contributed by atoms with E-state index in [1.807, 2.05) is 69.3 Å². The lowest BCUT2D eigenvalue weighted by Crippen LogP contribution is -2.40. The molecule has 3 heterocycles. The average Bonchev–Trinajstić information content (AvgIpc) is 3.81. The summed E-state index contributed by atoms with van der Waals surface area (Å²) in [5.41, 5.74) is 5.82. The number of anilines is 1. The molecule has 2 bridgehead atoms. The van der Waals surface area contributed by atoms with E-state index in [0.717, 1.165) is 71.9 Å². The van der Waals surface area contributed by atoms with Crippen LogP contribution in [0.4, 0.5) is 10.5 Å². The summed E-state index contributed by atoms with van der Waals surface area (Å²) in [5, 5.41) is 13.9. The van der Waals surface area contributed by atoms with Crippen LogP contribution in [0.5, 0.6) is 0 Å². The van der Waals surface area contributed by atoms with Gasteiger partial charge in [-0.2, -0.15) is 5.11 Å². The largest absolute Gasteiger partial charge is 0.444 e. The van der Waals surface area contributed by atoms with Gasteiger partial charge in [-0.05, 0) is 157 Å². The number of rotatable bonds is 14. The Morgan fingerprint density at radius 3 is 2.15 bits per heavy atom. The monoisotopic (exact) mass is 800 g/mol. The molecule has 0 radical (unpaired) electrons. The molecule has 1 saturated carbocycles. The van der Waals surface area contributed by atoms with E-state index in [0.29, 0.717) is 55.6 Å². The molecule has 3 atom stereocenters. The van der Waals surface area contributed by atoms with Crippen LogP contribution < -0.4 is 10.6 Å². The number of azo groups is 1. The zero-order chi connectivity index (χ0) is 41.7. The fourth-order valence-electron chi connectivity index (χ4n) is 9.56. The van der Waals surface area contributed by atoms with Gasteiger partial charge in [0.25, 0.3) is 0 Å². The molecule has 11 heteroatoms. The molecule has 2 unspecified atom stereocenters. The molecule has 3 aliphatic heterocycles. The van der Waals surface area contributed by atoms with Crippen LogP contribution in [0.3, 0.4) is 0 Å². The number of Topliss-reactive ketones (excluding diaryl/α,β-unsaturated/α-hetero) is 2. The van der Waals surface area contributed by atoms with Gasteiger partial charge < -0.3 is 20.3 Å². The minimum Gasteiger partial charge on any atom is -0.444 e. The van der Waals surface area contributed by atoms with Crippen LogP contribution in [-0.2, 0) is 20.7 Å². The van der Waals surface area contributed by atoms with E-state index < -0.39 is 17.6 Å². The van der Waals surface area contributed by atoms with Crippen LogP contribution in [0, 0.1) is 30.6 Å². The summed E-state index contributed by atoms with van der Waals surface area (Å²) >= 11 is 0. The molecule has 59 heavy (non-hydrogen) atoms. The number of piperidine rings is 1. The molecule has 0 spiro atoms. The zero-order valence-electron chi connectivity index (χ0n) is 35.3. The number of nitrogens with zero attached hydrogens (tertiary/aromatic N) is 4. The van der Waals surface area contributed by atoms with Gasteiger partial charge in [-0.15, -0.1) is 5.11 Å². The molecule has 4 aliphatic rings. The Labute approximate surface area is 348 Å². The number of hydrogen-bond acceptors (Lipinski definition) is 9. The highest BCUT2D eigenvalue weighted by Crippen LogP contribution is 2.39. The predicted octanol–water partition coefficient (Wildman–Crippen LogP) is 9.37. The molecule has 11 nitrogen and oxygen atoms in total. The third-order valence-corrected chi connectivity index (χ3v) is 12.9. The SMILES string of the molecule is Cc1cc(C(=O)CC2CC3CCC(C2)N3C)ccc1-c1ccc(C[C@H](CC(=O)C2CCC(CNC(=O)OC(C)(C)C)CC2)C(=O)Nc2ccc(C3=NCN=N3)cc2)cc1. The Kier molecular flexibility index (Phi) is 13.2. The van der Waals surface area contributed by atoms with Gasteiger partial charge in [-0.3, -0.25) is 14.4 Å². The number of ketones is 2. The number of amides is 2. The molecule has 0 aromatic heterocycles. The maximum atomic E-state index is 14.0. The predicted molar refractivity (Wildman–Crippen MR) is 231 cm³/mol. The first-order valence-electron chi connectivity index (χ1n) is 21.6. The molecule has 2 saturated heterocycles. The molecule has 3 aromatic rings. The van der Waals surface area contributed by atoms with Crippen molar-refractivity contribution < 1.29 is 23.9 Å². The highest BCUT2D eigenvalue weighted by atomic mass is 16.6. The second-order valence-corrected chi connectivity index (χ2v) is 18.3. The van der Waals surface area contributed by atoms with Gasteiger partial charge in [-0.25, -0.2) is 9.79 Å². The molecule has 2 N–H and O–H groups in total. The third-order valence-electron chi connectivity index (χ3n) is 12.9. The Morgan fingerprint density at radius 2 is 1.53 bits per heavy atom. The summed E-state index contributed by atoms with van der Waals surface area (Å²) in [6.45, 7) is 8.42. The van der Waals surface area contributed by atoms with Crippen molar-refractivity contribution in [2.45, 2.75) is 116 Å². The van der Waals surface area contributed by atoms with Crippen molar-refractivity contribution in [1.82, 2.24) is 10.2 Å². The van der Waals surface area contributed by atoms with Crippen LogP contribution in [0.25, 0.3) is 11.1 Å². The normalized spacial score (nSPS) is 23.3. The van der Waals surface area contributed by atoms with Gasteiger partial charge in [0.05, 0.1) is 0 Å². The van der Waals surface area contributed by atoms with Gasteiger partial charge in [0.15, 0.2) is 18.3 Å². The fourth-order valence-corrected chi connectivity index (χ4v) is 9.56. The average molecular weight is 801 g/mol. The van der Waals surface area contributed by atoms with Crippen LogP contribution in [0.2, 0.25) is 0 Å². The second-order valence-electron chi connectivity index (χ2n) is 18.3. The van der Waals surface area contributed by atoms with Crippen LogP contribution in [0.15, 0.2) is 82.0 Å². The number of aryl methyl sites for hydroxylation is 1. The number of ether oxygens (including phenoxy) is 1. The van der Waals surface area contributed by atoms with Gasteiger partial charge in [0, 0.05) is 60.1 Å². The highest BCUT2D eigenvalue weighted by Gasteiger charge is 2.39. The Balaban J connectivity index is 0.986. The Morgan fingerprint density at radius 1 is 0.847 bits per heavy atom. The van der Waals surface area contributed by atoms with E-state index in [2.05, 4.69) is 62.9 Å². The summed E-state index contributed by atoms with van der Waals surface area (Å²) in [5.74, 6) is 0.758. The molecule has 3 aromatic carbocycles. The molecular formula is C48H60N6O5. The number of carbonyl (C=O) groups excluding carboxylic acids is 4. The molecule has 3 fully saturated rings. The summed E-state index contributed by atoms with van der Waals surface area (Å²) in [4.78, 5) is 60.2. The summed E-state index contributed by atoms with van der Waals surface area (Å²) < 4.78 is 5.38. The number of aliphatic imine (C=N–C) groups is 1. The molecular weight excluding hydrogens is 741 g/mol. The van der Waals surface area contributed by atoms with Crippen molar-refractivity contribution in [1.29, 1.82) is 0 Å². The van der Waals surface area contributed by atoms with E-state index in [4.69, 9.17) is 4.74 Å². The lowest BCUT2D eigenvalue weighted by molar-refractivity contribution is -0.129. The van der Waals surface area contributed by atoms with Gasteiger partial charge >= 0.3 is 6.09 Å². The maximum Gasteiger partial charge on any atom is 0.407 e. The topological polar surface area (TPSA) is 142 Å². The molecule has 2 amide bonds. The molecule has 7 rings (SSSR count). The maximum absolute atomic E-state index is 14.0. The highest BCUT2D eigenvalue weighted by molar-refractivity contribution is 6.01. The van der Waals surface area contributed by atoms with E-state index in [1.165, 1.54) is 12.8 Å². The first-order chi connectivity index (χ1) is 28.3. The number of carbonyl (C=O) groups is 4. The summed E-state index contributed by atoms with van der Waals surface area (Å²) in [7, 11) is 2.24. The Hall–Kier alpha value is -5.03. The minimum atomic E-state index is -0.570. The van der Waals surface area contributed by atoms with E-state index in [1.54, 1.807) is 0 Å². The van der Waals surface area contributed by atoms with Crippen molar-refractivity contribution in [2.24, 2.45) is 38.9 Å². The van der Waals surface area contributed by atoms with Crippen molar-refractivity contribution in [3.63, 3.8) is 0 Å². The standard InChI is InChI=1S/C48H60N6O5/c1-30-22-37(43(55)26-33-24-40-19-20-41(25-33)54(40)5)16-21-42(30)34-10-6-31(7-11-34)23-38(46(57)52-39-17-14-36(15-18-39)45-50-29-51-53-45)27-44(56)35-12-8-32(9-13-35)28-49-47(58)59-48(2,3)4/h6-7,10-11,14-18,21-22,32-33,35,38,40-41H,8-9,12-13,19-20,23-29H2,1-5H3,(H,49,58)(H,52,57)/t32?,33?,35?,38-,40?,41?/m1/s1. The number of fused-ring (bicyclic) bond motifs is 2. The van der Waals surface area contributed by atoms with Crippen LogP contribution >= 0.6 is 0 Å². The van der Waals surface area contributed by atoms with E-state index >= 15 is 0 Å². The van der Waals surface area contributed by atoms with Crippen LogP contribution in [-0.4, -0.2) is 72.2 Å². The van der Waals surface area contributed by atoms with Gasteiger partial charge in [0.1, 0.15) is 11.4 Å². The number of hydrogen-bond donors (Lipinski definition) is 2. The third kappa shape index (κ3) is 11.0. The minimum absolute atomic E-state index is 0.105. The van der Waals surface area contributed by atoms with Crippen molar-refractivity contribution >= 4 is 35.1 Å². The van der Waals surface area contributed by atoms with Crippen LogP contribution in [0.1, 0.15) is 112 Å². The number of nitrogens with one attached hydrogen (secondary N) is 2. The van der Waals surface area contributed by atoms with E-state index in [-0.39, 0.29) is 35.7 Å². The van der Waals surface area contributed by atoms with Crippen molar-refractivity contribution in [3.05, 3.63) is 89.0 Å². The van der Waals surface area contributed by atoms with E-state index in [9.17, 15) is 19.2 Å². The first-order valence-corrected chi connectivity index (χ1v) is 21.6. The van der Waals surface area contributed by atoms with Gasteiger partial charge in [-0.1, -0.05) is 36.4 Å². The summed E-state index contributed by atoms with van der Waals surface area (Å²) in [6, 6.07) is 22.9. The zero-order valence-corrected chi connectivity index (χ0v) is 35.3. The number of amidine groups is 1. The van der Waals surface area contributed by atoms with Crippen molar-refractivity contribution in [2.75, 3.05) is 25.6 Å². The number of alkyl carbamates (subject to hydrolysis) is 1. The first kappa shape index (κ1) is 42.1. The smallest absolute Gasteiger partial charge is 0.407 e. The van der Waals surface area contributed by atoms with Crippen molar-refractivity contribution in [3.8, 4) is 11.1 Å². The lowest BCUT2D eigenvalue weighted by atomic mass is 9.77. The summed E-state index contributed by atoms with van der Waals surface area (Å²) in [6.07, 6.45) is 8.61. The quantitative estimate of drug-likeness (QED) is 0.156. The molecule has 312 valence electrons. The lowest BCUT2D eigenvalue weighted by Gasteiger charge is -2.36. The Bertz CT molecular complexity index is 2050. The second kappa shape index (κ2) is 18.5. The fraction of sp³-hybridized carbons (Fsp3) is 0.521. The molecule has 1 aliphatic carbocycles.